The highest BCUT2D eigenvalue weighted by atomic mass is 16.5. The predicted molar refractivity (Wildman–Crippen MR) is 264 cm³/mol. The monoisotopic (exact) mass is 899 g/mol. The van der Waals surface area contributed by atoms with Crippen molar-refractivity contribution in [3.05, 3.63) is 186 Å². The fourth-order valence-corrected chi connectivity index (χ4v) is 6.61. The molecule has 5 aromatic rings. The van der Waals surface area contributed by atoms with Gasteiger partial charge in [-0.3, -0.25) is 9.59 Å². The van der Waals surface area contributed by atoms with Crippen molar-refractivity contribution < 1.29 is 28.3 Å². The van der Waals surface area contributed by atoms with Gasteiger partial charge >= 0.3 is 6.09 Å². The molecule has 2 heterocycles. The molecule has 66 heavy (non-hydrogen) atoms. The van der Waals surface area contributed by atoms with E-state index in [-0.39, 0.29) is 36.9 Å². The molecule has 6 rings (SSSR count). The minimum atomic E-state index is -0.893. The van der Waals surface area contributed by atoms with E-state index in [4.69, 9.17) is 13.9 Å². The van der Waals surface area contributed by atoms with Crippen LogP contribution in [0, 0.1) is 6.92 Å². The maximum Gasteiger partial charge on any atom is 0.408 e. The Morgan fingerprint density at radius 2 is 1.45 bits per heavy atom. The van der Waals surface area contributed by atoms with Gasteiger partial charge in [0.1, 0.15) is 18.7 Å². The van der Waals surface area contributed by atoms with Crippen molar-refractivity contribution in [2.45, 2.75) is 111 Å². The number of likely N-dealkylation sites (N-methyl/N-ethyl adjacent to an activating group) is 1. The molecular formula is C54H70N6O6. The number of aromatic nitrogens is 2. The maximum absolute atomic E-state index is 14.2. The lowest BCUT2D eigenvalue weighted by molar-refractivity contribution is -0.143. The van der Waals surface area contributed by atoms with Crippen LogP contribution in [-0.4, -0.2) is 70.8 Å². The molecule has 12 nitrogen and oxygen atoms in total. The number of fused-ring (bicyclic) bond motifs is 1. The first-order valence-electron chi connectivity index (χ1n) is 22.6. The van der Waals surface area contributed by atoms with Gasteiger partial charge in [0.05, 0.1) is 24.8 Å². The number of nitrogens with zero attached hydrogens (tertiary/aromatic N) is 3. The van der Waals surface area contributed by atoms with Gasteiger partial charge in [0.15, 0.2) is 0 Å². The first-order chi connectivity index (χ1) is 31.8. The zero-order valence-electron chi connectivity index (χ0n) is 39.9. The molecule has 352 valence electrons. The van der Waals surface area contributed by atoms with Crippen molar-refractivity contribution >= 4 is 23.5 Å². The molecule has 1 aliphatic rings. The van der Waals surface area contributed by atoms with E-state index < -0.39 is 24.2 Å². The minimum absolute atomic E-state index is 0.0712. The summed E-state index contributed by atoms with van der Waals surface area (Å²) in [4.78, 5) is 42.6. The lowest BCUT2D eigenvalue weighted by Gasteiger charge is -2.39. The molecule has 0 bridgehead atoms. The molecule has 0 spiro atoms. The number of carbonyl (C=O) groups is 3. The van der Waals surface area contributed by atoms with Crippen LogP contribution in [0.2, 0.25) is 0 Å². The van der Waals surface area contributed by atoms with Crippen molar-refractivity contribution in [1.29, 1.82) is 0 Å². The Hall–Kier alpha value is -6.79. The van der Waals surface area contributed by atoms with Crippen molar-refractivity contribution in [2.24, 2.45) is 0 Å². The first kappa shape index (κ1) is 53.5. The van der Waals surface area contributed by atoms with Gasteiger partial charge in [-0.25, -0.2) is 4.79 Å². The smallest absolute Gasteiger partial charge is 0.408 e. The summed E-state index contributed by atoms with van der Waals surface area (Å²) >= 11 is 0. The zero-order valence-corrected chi connectivity index (χ0v) is 39.9. The Labute approximate surface area is 392 Å². The number of hydrogen-bond donors (Lipinski definition) is 3. The molecule has 4 unspecified atom stereocenters. The van der Waals surface area contributed by atoms with Gasteiger partial charge < -0.3 is 34.7 Å². The number of rotatable bonds is 17. The Bertz CT molecular complexity index is 2220. The van der Waals surface area contributed by atoms with E-state index in [9.17, 15) is 14.4 Å². The molecule has 3 amide bonds. The number of benzene rings is 4. The molecule has 3 N–H and O–H groups in total. The number of ether oxygens (including phenoxy) is 2. The Kier molecular flexibility index (Phi) is 24.0. The molecule has 12 heteroatoms. The van der Waals surface area contributed by atoms with Gasteiger partial charge in [-0.15, -0.1) is 16.8 Å². The fourth-order valence-electron chi connectivity index (χ4n) is 6.61. The van der Waals surface area contributed by atoms with E-state index in [1.165, 1.54) is 0 Å². The normalized spacial score (nSPS) is 13.7. The summed E-state index contributed by atoms with van der Waals surface area (Å²) in [7, 11) is 1.79. The maximum atomic E-state index is 14.2. The predicted octanol–water partition coefficient (Wildman–Crippen LogP) is 9.95. The van der Waals surface area contributed by atoms with Crippen LogP contribution in [0.15, 0.2) is 151 Å². The van der Waals surface area contributed by atoms with E-state index in [1.54, 1.807) is 18.9 Å². The molecular weight excluding hydrogens is 829 g/mol. The van der Waals surface area contributed by atoms with E-state index in [2.05, 4.69) is 65.8 Å². The molecule has 4 aromatic carbocycles. The second kappa shape index (κ2) is 29.6. The van der Waals surface area contributed by atoms with Gasteiger partial charge in [-0.2, -0.15) is 0 Å². The summed E-state index contributed by atoms with van der Waals surface area (Å²) in [6, 6.07) is 34.5. The Balaban J connectivity index is 0.000000573. The largest absolute Gasteiger partial charge is 0.499 e. The summed E-state index contributed by atoms with van der Waals surface area (Å²) in [5, 5.41) is 17.5. The number of carbonyl (C=O) groups excluding carboxylic acids is 3. The number of alkyl carbamates (subject to hydrolysis) is 1. The second-order valence-electron chi connectivity index (χ2n) is 15.8. The average molecular weight is 899 g/mol. The van der Waals surface area contributed by atoms with Crippen LogP contribution in [0.1, 0.15) is 93.5 Å². The second-order valence-corrected chi connectivity index (χ2v) is 15.8. The van der Waals surface area contributed by atoms with Crippen LogP contribution in [-0.2, 0) is 45.1 Å². The van der Waals surface area contributed by atoms with Crippen molar-refractivity contribution in [3.63, 3.8) is 0 Å². The van der Waals surface area contributed by atoms with Crippen LogP contribution in [0.25, 0.3) is 5.57 Å². The zero-order chi connectivity index (χ0) is 48.3. The summed E-state index contributed by atoms with van der Waals surface area (Å²) in [5.74, 6) is 0.730. The van der Waals surface area contributed by atoms with Crippen LogP contribution in [0.3, 0.4) is 0 Å². The molecule has 0 fully saturated rings. The highest BCUT2D eigenvalue weighted by Crippen LogP contribution is 2.26. The third kappa shape index (κ3) is 18.4. The number of nitrogens with one attached hydrogen (secondary N) is 3. The topological polar surface area (TPSA) is 148 Å². The van der Waals surface area contributed by atoms with Crippen molar-refractivity contribution in [1.82, 2.24) is 31.0 Å². The minimum Gasteiger partial charge on any atom is -0.499 e. The standard InChI is InChI=1S/C38H44N6O5.C6H12O.C6H6.C4H8/c1-6-31(40-38(47)48-23-27-14-8-7-9-15-27)37(46)44-22-30-18-11-10-17-29(30)21-32(44)35(45)41-34(26(4)39-5)25(3)36-43-42-33(49-36)20-28-16-12-13-24(2)19-28;1-4-5-7-6(2)3;1-2-4-6-5-3-1;1-3-4-2/h7-19,26,31-32,34,39H,3,6,20-23H2,1-2,4-5H3,(H,40,47)(H,41,45);2,4-5H2,1,3H3;1-6H;3H,1,4H2,2H3. The fraction of sp³-hybridized carbons (Fsp3) is 0.352. The van der Waals surface area contributed by atoms with Gasteiger partial charge in [0, 0.05) is 24.6 Å². The molecule has 4 atom stereocenters. The summed E-state index contributed by atoms with van der Waals surface area (Å²) in [5.41, 5.74) is 5.37. The number of aryl methyl sites for hydroxylation is 1. The molecule has 0 saturated heterocycles. The summed E-state index contributed by atoms with van der Waals surface area (Å²) in [6.45, 7) is 24.1. The van der Waals surface area contributed by atoms with Gasteiger partial charge in [0.2, 0.25) is 23.6 Å². The van der Waals surface area contributed by atoms with E-state index in [1.807, 2.05) is 136 Å². The molecule has 1 aliphatic heterocycles. The van der Waals surface area contributed by atoms with Crippen molar-refractivity contribution in [2.75, 3.05) is 13.7 Å². The van der Waals surface area contributed by atoms with Gasteiger partial charge in [0.25, 0.3) is 0 Å². The molecule has 0 saturated carbocycles. The van der Waals surface area contributed by atoms with Crippen molar-refractivity contribution in [3.8, 4) is 0 Å². The Morgan fingerprint density at radius 3 is 2.02 bits per heavy atom. The summed E-state index contributed by atoms with van der Waals surface area (Å²) in [6.07, 6.45) is 4.39. The van der Waals surface area contributed by atoms with E-state index >= 15 is 0 Å². The quantitative estimate of drug-likeness (QED) is 0.0613. The van der Waals surface area contributed by atoms with Crippen LogP contribution < -0.4 is 16.0 Å². The highest BCUT2D eigenvalue weighted by molar-refractivity contribution is 5.92. The lowest BCUT2D eigenvalue weighted by Crippen LogP contribution is -2.60. The number of allylic oxidation sites excluding steroid dienone is 2. The molecule has 0 radical (unpaired) electrons. The molecule has 0 aliphatic carbocycles. The van der Waals surface area contributed by atoms with Crippen LogP contribution in [0.5, 0.6) is 0 Å². The number of amides is 3. The SMILES string of the molecule is C=C(C)OCCC.C=C(c1nnc(Cc2cccc(C)c2)o1)C(NC(=O)C1Cc2ccccc2CN1C(=O)C(CC)NC(=O)OCc1ccccc1)C(C)NC.C=CCC.c1ccccc1. The number of hydrogen-bond acceptors (Lipinski definition) is 9. The highest BCUT2D eigenvalue weighted by Gasteiger charge is 2.39. The van der Waals surface area contributed by atoms with Gasteiger partial charge in [-0.1, -0.05) is 161 Å². The molecule has 1 aromatic heterocycles. The average Bonchev–Trinajstić information content (AvgIpc) is 3.82. The van der Waals surface area contributed by atoms with E-state index in [0.29, 0.717) is 30.7 Å². The van der Waals surface area contributed by atoms with Gasteiger partial charge in [-0.05, 0) is 69.3 Å². The first-order valence-corrected chi connectivity index (χ1v) is 22.6. The Morgan fingerprint density at radius 1 is 0.848 bits per heavy atom. The van der Waals surface area contributed by atoms with E-state index in [0.717, 1.165) is 53.0 Å². The third-order valence-electron chi connectivity index (χ3n) is 10.4. The van der Waals surface area contributed by atoms with Crippen LogP contribution in [0.4, 0.5) is 4.79 Å². The third-order valence-corrected chi connectivity index (χ3v) is 10.4. The van der Waals surface area contributed by atoms with Crippen LogP contribution >= 0.6 is 0 Å². The lowest BCUT2D eigenvalue weighted by atomic mass is 9.92. The summed E-state index contributed by atoms with van der Waals surface area (Å²) < 4.78 is 16.4.